The molecule has 0 bridgehead atoms. The lowest BCUT2D eigenvalue weighted by atomic mass is 10.1. The van der Waals surface area contributed by atoms with Crippen LogP contribution in [-0.2, 0) is 4.79 Å². The Bertz CT molecular complexity index is 516. The molecule has 1 aromatic rings. The van der Waals surface area contributed by atoms with E-state index in [1.54, 1.807) is 30.0 Å². The first-order valence-corrected chi connectivity index (χ1v) is 7.72. The fraction of sp³-hybridized carbons (Fsp3) is 0.333. The standard InChI is InChI=1S/C12H14BrN3O2S/c13-8-1-2-10(9(5-8)11(14)16-18)15-12(17)7-3-4-19-6-7/h1-2,5,7,18H,3-4,6H2,(H2,14,16)(H,15,17). The molecule has 0 aliphatic carbocycles. The highest BCUT2D eigenvalue weighted by Gasteiger charge is 2.24. The first-order chi connectivity index (χ1) is 9.11. The maximum Gasteiger partial charge on any atom is 0.228 e. The highest BCUT2D eigenvalue weighted by molar-refractivity contribution is 9.10. The van der Waals surface area contributed by atoms with Crippen molar-refractivity contribution >= 4 is 45.1 Å². The molecule has 1 atom stereocenters. The molecule has 0 spiro atoms. The van der Waals surface area contributed by atoms with Crippen LogP contribution in [0.4, 0.5) is 5.69 Å². The number of oxime groups is 1. The molecular weight excluding hydrogens is 330 g/mol. The van der Waals surface area contributed by atoms with Gasteiger partial charge >= 0.3 is 0 Å². The van der Waals surface area contributed by atoms with E-state index >= 15 is 0 Å². The van der Waals surface area contributed by atoms with Crippen LogP contribution >= 0.6 is 27.7 Å². The summed E-state index contributed by atoms with van der Waals surface area (Å²) in [4.78, 5) is 12.1. The molecule has 19 heavy (non-hydrogen) atoms. The van der Waals surface area contributed by atoms with E-state index in [0.717, 1.165) is 22.4 Å². The zero-order valence-electron chi connectivity index (χ0n) is 10.1. The Labute approximate surface area is 123 Å². The summed E-state index contributed by atoms with van der Waals surface area (Å²) in [6, 6.07) is 5.23. The van der Waals surface area contributed by atoms with Gasteiger partial charge in [0.25, 0.3) is 0 Å². The van der Waals surface area contributed by atoms with Crippen molar-refractivity contribution in [3.05, 3.63) is 28.2 Å². The third-order valence-corrected chi connectivity index (χ3v) is 4.58. The number of benzene rings is 1. The van der Waals surface area contributed by atoms with E-state index in [1.165, 1.54) is 0 Å². The van der Waals surface area contributed by atoms with Crippen molar-refractivity contribution in [2.24, 2.45) is 16.8 Å². The Balaban J connectivity index is 2.21. The SMILES string of the molecule is N/C(=N/O)c1cc(Br)ccc1NC(=O)C1CCSC1. The summed E-state index contributed by atoms with van der Waals surface area (Å²) in [6.07, 6.45) is 0.895. The first kappa shape index (κ1) is 14.2. The average molecular weight is 344 g/mol. The fourth-order valence-corrected chi connectivity index (χ4v) is 3.45. The van der Waals surface area contributed by atoms with Crippen LogP contribution in [0.25, 0.3) is 0 Å². The van der Waals surface area contributed by atoms with E-state index in [1.807, 2.05) is 0 Å². The van der Waals surface area contributed by atoms with Gasteiger partial charge in [0.1, 0.15) is 0 Å². The van der Waals surface area contributed by atoms with Crippen molar-refractivity contribution in [2.45, 2.75) is 6.42 Å². The van der Waals surface area contributed by atoms with E-state index in [-0.39, 0.29) is 17.7 Å². The largest absolute Gasteiger partial charge is 0.409 e. The Kier molecular flexibility index (Phi) is 4.71. The summed E-state index contributed by atoms with van der Waals surface area (Å²) in [5.41, 5.74) is 6.67. The van der Waals surface area contributed by atoms with Crippen LogP contribution < -0.4 is 11.1 Å². The van der Waals surface area contributed by atoms with Gasteiger partial charge in [0.2, 0.25) is 5.91 Å². The van der Waals surface area contributed by atoms with Gasteiger partial charge in [-0.1, -0.05) is 21.1 Å². The first-order valence-electron chi connectivity index (χ1n) is 5.78. The van der Waals surface area contributed by atoms with E-state index in [4.69, 9.17) is 10.9 Å². The van der Waals surface area contributed by atoms with Crippen molar-refractivity contribution in [1.82, 2.24) is 0 Å². The maximum atomic E-state index is 12.1. The summed E-state index contributed by atoms with van der Waals surface area (Å²) >= 11 is 5.10. The number of rotatable bonds is 3. The molecule has 1 amide bonds. The molecule has 1 fully saturated rings. The molecule has 1 saturated heterocycles. The number of nitrogens with zero attached hydrogens (tertiary/aromatic N) is 1. The monoisotopic (exact) mass is 343 g/mol. The predicted molar refractivity (Wildman–Crippen MR) is 80.7 cm³/mol. The third kappa shape index (κ3) is 3.42. The van der Waals surface area contributed by atoms with E-state index < -0.39 is 0 Å². The van der Waals surface area contributed by atoms with E-state index in [0.29, 0.717) is 11.3 Å². The van der Waals surface area contributed by atoms with Crippen LogP contribution in [0.3, 0.4) is 0 Å². The van der Waals surface area contributed by atoms with Gasteiger partial charge in [-0.2, -0.15) is 11.8 Å². The highest BCUT2D eigenvalue weighted by Crippen LogP contribution is 2.26. The minimum atomic E-state index is -0.0302. The summed E-state index contributed by atoms with van der Waals surface area (Å²) in [7, 11) is 0. The molecular formula is C12H14BrN3O2S. The van der Waals surface area contributed by atoms with E-state index in [2.05, 4.69) is 26.4 Å². The number of amides is 1. The number of carbonyl (C=O) groups is 1. The third-order valence-electron chi connectivity index (χ3n) is 2.92. The Morgan fingerprint density at radius 2 is 2.37 bits per heavy atom. The quantitative estimate of drug-likeness (QED) is 0.340. The maximum absolute atomic E-state index is 12.1. The number of thioether (sulfide) groups is 1. The molecule has 1 aliphatic rings. The number of nitrogens with one attached hydrogen (secondary N) is 1. The molecule has 1 heterocycles. The lowest BCUT2D eigenvalue weighted by Crippen LogP contribution is -2.24. The minimum absolute atomic E-state index is 0.0145. The predicted octanol–water partition coefficient (Wildman–Crippen LogP) is 2.24. The van der Waals surface area contributed by atoms with Crippen LogP contribution in [0.1, 0.15) is 12.0 Å². The molecule has 1 aromatic carbocycles. The van der Waals surface area contributed by atoms with Crippen molar-refractivity contribution in [3.8, 4) is 0 Å². The zero-order chi connectivity index (χ0) is 13.8. The molecule has 0 radical (unpaired) electrons. The van der Waals surface area contributed by atoms with Crippen molar-refractivity contribution < 1.29 is 10.0 Å². The molecule has 5 nitrogen and oxygen atoms in total. The van der Waals surface area contributed by atoms with Crippen LogP contribution in [0.5, 0.6) is 0 Å². The normalized spacial score (nSPS) is 19.4. The van der Waals surface area contributed by atoms with Crippen molar-refractivity contribution in [2.75, 3.05) is 16.8 Å². The molecule has 2 rings (SSSR count). The minimum Gasteiger partial charge on any atom is -0.409 e. The molecule has 1 unspecified atom stereocenters. The number of carbonyl (C=O) groups excluding carboxylic acids is 1. The van der Waals surface area contributed by atoms with Crippen molar-refractivity contribution in [3.63, 3.8) is 0 Å². The second-order valence-corrected chi connectivity index (χ2v) is 6.29. The lowest BCUT2D eigenvalue weighted by Gasteiger charge is -2.13. The smallest absolute Gasteiger partial charge is 0.228 e. The topological polar surface area (TPSA) is 87.7 Å². The number of hydrogen-bond acceptors (Lipinski definition) is 4. The molecule has 4 N–H and O–H groups in total. The molecule has 1 aliphatic heterocycles. The number of hydrogen-bond donors (Lipinski definition) is 3. The molecule has 0 saturated carbocycles. The van der Waals surface area contributed by atoms with Gasteiger partial charge in [-0.25, -0.2) is 0 Å². The number of halogens is 1. The summed E-state index contributed by atoms with van der Waals surface area (Å²) in [5.74, 6) is 1.86. The van der Waals surface area contributed by atoms with Crippen LogP contribution in [0.15, 0.2) is 27.8 Å². The summed E-state index contributed by atoms with van der Waals surface area (Å²) in [6.45, 7) is 0. The van der Waals surface area contributed by atoms with Gasteiger partial charge < -0.3 is 16.3 Å². The highest BCUT2D eigenvalue weighted by atomic mass is 79.9. The van der Waals surface area contributed by atoms with Crippen molar-refractivity contribution in [1.29, 1.82) is 0 Å². The van der Waals surface area contributed by atoms with Gasteiger partial charge in [0.05, 0.1) is 5.69 Å². The van der Waals surface area contributed by atoms with Crippen LogP contribution in [0.2, 0.25) is 0 Å². The van der Waals surface area contributed by atoms with Gasteiger partial charge in [-0.3, -0.25) is 4.79 Å². The van der Waals surface area contributed by atoms with E-state index in [9.17, 15) is 4.79 Å². The molecule has 0 aromatic heterocycles. The fourth-order valence-electron chi connectivity index (χ4n) is 1.87. The summed E-state index contributed by atoms with van der Waals surface area (Å²) in [5, 5.41) is 14.6. The number of amidine groups is 1. The Morgan fingerprint density at radius 1 is 1.58 bits per heavy atom. The Hall–Kier alpha value is -1.21. The van der Waals surface area contributed by atoms with Gasteiger partial charge in [0, 0.05) is 21.7 Å². The average Bonchev–Trinajstić information content (AvgIpc) is 2.94. The lowest BCUT2D eigenvalue weighted by molar-refractivity contribution is -0.119. The molecule has 102 valence electrons. The Morgan fingerprint density at radius 3 is 3.00 bits per heavy atom. The second kappa shape index (κ2) is 6.29. The van der Waals surface area contributed by atoms with Gasteiger partial charge in [0.15, 0.2) is 5.84 Å². The number of nitrogens with two attached hydrogens (primary N) is 1. The van der Waals surface area contributed by atoms with Crippen LogP contribution in [0, 0.1) is 5.92 Å². The second-order valence-electron chi connectivity index (χ2n) is 4.22. The zero-order valence-corrected chi connectivity index (χ0v) is 12.5. The van der Waals surface area contributed by atoms with Gasteiger partial charge in [-0.05, 0) is 30.4 Å². The number of anilines is 1. The summed E-state index contributed by atoms with van der Waals surface area (Å²) < 4.78 is 0.795. The van der Waals surface area contributed by atoms with Crippen LogP contribution in [-0.4, -0.2) is 28.5 Å². The van der Waals surface area contributed by atoms with Gasteiger partial charge in [-0.15, -0.1) is 0 Å². The molecule has 7 heteroatoms.